The van der Waals surface area contributed by atoms with Crippen LogP contribution in [0.5, 0.6) is 0 Å². The van der Waals surface area contributed by atoms with Gasteiger partial charge in [-0.25, -0.2) is 4.79 Å². The molecule has 0 spiro atoms. The van der Waals surface area contributed by atoms with Gasteiger partial charge in [-0.05, 0) is 71.0 Å². The third kappa shape index (κ3) is 6.30. The van der Waals surface area contributed by atoms with E-state index in [2.05, 4.69) is 81.8 Å². The van der Waals surface area contributed by atoms with E-state index < -0.39 is 0 Å². The van der Waals surface area contributed by atoms with Gasteiger partial charge in [0.1, 0.15) is 0 Å². The molecule has 2 aromatic heterocycles. The maximum atomic E-state index is 12.5. The van der Waals surface area contributed by atoms with Gasteiger partial charge >= 0.3 is 6.03 Å². The third-order valence-corrected chi connectivity index (χ3v) is 6.68. The Balaban J connectivity index is 1.94. The summed E-state index contributed by atoms with van der Waals surface area (Å²) in [6.45, 7) is 13.7. The fourth-order valence-electron chi connectivity index (χ4n) is 3.61. The molecule has 0 aliphatic carbocycles. The van der Waals surface area contributed by atoms with Gasteiger partial charge in [0, 0.05) is 13.1 Å². The summed E-state index contributed by atoms with van der Waals surface area (Å²) < 4.78 is 0. The minimum atomic E-state index is -0.0974. The van der Waals surface area contributed by atoms with E-state index in [0.29, 0.717) is 13.1 Å². The van der Waals surface area contributed by atoms with Crippen LogP contribution in [-0.2, 0) is 0 Å². The Bertz CT molecular complexity index is 596. The first-order chi connectivity index (χ1) is 13.6. The van der Waals surface area contributed by atoms with Crippen molar-refractivity contribution in [3.8, 4) is 0 Å². The van der Waals surface area contributed by atoms with E-state index >= 15 is 0 Å². The van der Waals surface area contributed by atoms with Crippen LogP contribution in [0.1, 0.15) is 50.9 Å². The van der Waals surface area contributed by atoms with Crippen LogP contribution in [0.2, 0.25) is 0 Å². The van der Waals surface area contributed by atoms with E-state index in [4.69, 9.17) is 0 Å². The smallest absolute Gasteiger partial charge is 0.314 e. The predicted octanol–water partition coefficient (Wildman–Crippen LogP) is 4.57. The van der Waals surface area contributed by atoms with E-state index in [1.54, 1.807) is 22.7 Å². The van der Waals surface area contributed by atoms with Crippen LogP contribution in [0, 0.1) is 0 Å². The van der Waals surface area contributed by atoms with E-state index in [9.17, 15) is 4.79 Å². The van der Waals surface area contributed by atoms with E-state index in [1.807, 2.05) is 0 Å². The quantitative estimate of drug-likeness (QED) is 0.526. The number of likely N-dealkylation sites (N-methyl/N-ethyl adjacent to an activating group) is 2. The summed E-state index contributed by atoms with van der Waals surface area (Å²) in [5.41, 5.74) is 2.54. The number of nitrogens with one attached hydrogen (secondary N) is 2. The molecule has 7 heteroatoms. The predicted molar refractivity (Wildman–Crippen MR) is 121 cm³/mol. The van der Waals surface area contributed by atoms with Crippen LogP contribution in [0.3, 0.4) is 0 Å². The van der Waals surface area contributed by atoms with Crippen molar-refractivity contribution < 1.29 is 4.79 Å². The molecule has 2 atom stereocenters. The molecule has 28 heavy (non-hydrogen) atoms. The number of hydrogen-bond acceptors (Lipinski definition) is 5. The third-order valence-electron chi connectivity index (χ3n) is 5.27. The van der Waals surface area contributed by atoms with Crippen LogP contribution in [-0.4, -0.2) is 55.1 Å². The lowest BCUT2D eigenvalue weighted by Crippen LogP contribution is -2.45. The van der Waals surface area contributed by atoms with Crippen LogP contribution in [0.4, 0.5) is 4.79 Å². The van der Waals surface area contributed by atoms with Gasteiger partial charge in [-0.3, -0.25) is 9.80 Å². The normalized spacial score (nSPS) is 13.6. The standard InChI is InChI=1S/C21H34N4OS2/c1-5-24(6-2)19(17-9-11-27-15-17)13-22-21(26)23-14-20(25(7-3)8-4)18-10-12-28-16-18/h9-12,15-16,19-20H,5-8,13-14H2,1-4H3,(H2,22,23,26)/t19-,20+. The number of carbonyl (C=O) groups is 1. The van der Waals surface area contributed by atoms with Gasteiger partial charge in [0.15, 0.2) is 0 Å². The minimum absolute atomic E-state index is 0.0974. The topological polar surface area (TPSA) is 47.6 Å². The second-order valence-corrected chi connectivity index (χ2v) is 8.24. The number of thiophene rings is 2. The van der Waals surface area contributed by atoms with Crippen LogP contribution >= 0.6 is 22.7 Å². The molecule has 2 N–H and O–H groups in total. The summed E-state index contributed by atoms with van der Waals surface area (Å²) in [6.07, 6.45) is 0. The molecule has 0 saturated heterocycles. The molecule has 156 valence electrons. The molecule has 0 bridgehead atoms. The Kier molecular flexibility index (Phi) is 9.98. The van der Waals surface area contributed by atoms with Gasteiger partial charge in [0.05, 0.1) is 12.1 Å². The molecule has 0 fully saturated rings. The van der Waals surface area contributed by atoms with Gasteiger partial charge in [-0.2, -0.15) is 22.7 Å². The Morgan fingerprint density at radius 1 is 0.821 bits per heavy atom. The number of nitrogens with zero attached hydrogens (tertiary/aromatic N) is 2. The first kappa shape index (κ1) is 22.9. The molecule has 0 unspecified atom stereocenters. The highest BCUT2D eigenvalue weighted by Gasteiger charge is 2.21. The Hall–Kier alpha value is -1.41. The average molecular weight is 423 g/mol. The molecule has 0 aliphatic rings. The number of carbonyl (C=O) groups excluding carboxylic acids is 1. The highest BCUT2D eigenvalue weighted by atomic mass is 32.1. The Labute approximate surface area is 177 Å². The van der Waals surface area contributed by atoms with Crippen LogP contribution in [0.15, 0.2) is 33.7 Å². The van der Waals surface area contributed by atoms with Crippen molar-refractivity contribution >= 4 is 28.7 Å². The maximum Gasteiger partial charge on any atom is 0.314 e. The second-order valence-electron chi connectivity index (χ2n) is 6.68. The van der Waals surface area contributed by atoms with Crippen molar-refractivity contribution in [3.63, 3.8) is 0 Å². The van der Waals surface area contributed by atoms with E-state index in [0.717, 1.165) is 26.2 Å². The highest BCUT2D eigenvalue weighted by molar-refractivity contribution is 7.08. The van der Waals surface area contributed by atoms with Crippen molar-refractivity contribution in [1.82, 2.24) is 20.4 Å². The van der Waals surface area contributed by atoms with Gasteiger partial charge in [0.2, 0.25) is 0 Å². The van der Waals surface area contributed by atoms with Gasteiger partial charge in [-0.15, -0.1) is 0 Å². The summed E-state index contributed by atoms with van der Waals surface area (Å²) in [7, 11) is 0. The van der Waals surface area contributed by atoms with Crippen molar-refractivity contribution in [2.75, 3.05) is 39.3 Å². The maximum absolute atomic E-state index is 12.5. The minimum Gasteiger partial charge on any atom is -0.336 e. The largest absolute Gasteiger partial charge is 0.336 e. The summed E-state index contributed by atoms with van der Waals surface area (Å²) in [5.74, 6) is 0. The van der Waals surface area contributed by atoms with E-state index in [-0.39, 0.29) is 18.1 Å². The lowest BCUT2D eigenvalue weighted by atomic mass is 10.1. The molecular weight excluding hydrogens is 388 g/mol. The number of urea groups is 1. The molecular formula is C21H34N4OS2. The molecule has 2 heterocycles. The molecule has 5 nitrogen and oxygen atoms in total. The molecule has 0 saturated carbocycles. The zero-order valence-electron chi connectivity index (χ0n) is 17.5. The molecule has 0 aliphatic heterocycles. The number of amides is 2. The van der Waals surface area contributed by atoms with Gasteiger partial charge in [-0.1, -0.05) is 27.7 Å². The molecule has 0 aromatic carbocycles. The molecule has 2 amide bonds. The summed E-state index contributed by atoms with van der Waals surface area (Å²) in [4.78, 5) is 17.3. The highest BCUT2D eigenvalue weighted by Crippen LogP contribution is 2.23. The summed E-state index contributed by atoms with van der Waals surface area (Å²) in [6, 6.07) is 4.63. The zero-order chi connectivity index (χ0) is 20.4. The summed E-state index contributed by atoms with van der Waals surface area (Å²) in [5, 5.41) is 14.7. The van der Waals surface area contributed by atoms with Crippen molar-refractivity contribution in [3.05, 3.63) is 44.8 Å². The number of rotatable bonds is 12. The van der Waals surface area contributed by atoms with Crippen LogP contribution < -0.4 is 10.6 Å². The first-order valence-corrected chi connectivity index (χ1v) is 12.1. The monoisotopic (exact) mass is 422 g/mol. The van der Waals surface area contributed by atoms with Crippen LogP contribution in [0.25, 0.3) is 0 Å². The van der Waals surface area contributed by atoms with Crippen molar-refractivity contribution in [2.24, 2.45) is 0 Å². The molecule has 0 radical (unpaired) electrons. The molecule has 2 aromatic rings. The average Bonchev–Trinajstić information content (AvgIpc) is 3.42. The fraction of sp³-hybridized carbons (Fsp3) is 0.571. The summed E-state index contributed by atoms with van der Waals surface area (Å²) >= 11 is 3.40. The first-order valence-electron chi connectivity index (χ1n) is 10.2. The Morgan fingerprint density at radius 3 is 1.50 bits per heavy atom. The lowest BCUT2D eigenvalue weighted by molar-refractivity contribution is 0.196. The SMILES string of the molecule is CCN(CC)[C@H](CNC(=O)NC[C@@H](c1ccsc1)N(CC)CC)c1ccsc1. The van der Waals surface area contributed by atoms with Crippen molar-refractivity contribution in [1.29, 1.82) is 0 Å². The lowest BCUT2D eigenvalue weighted by Gasteiger charge is -2.31. The van der Waals surface area contributed by atoms with Gasteiger partial charge < -0.3 is 10.6 Å². The number of hydrogen-bond donors (Lipinski definition) is 2. The van der Waals surface area contributed by atoms with E-state index in [1.165, 1.54) is 11.1 Å². The second kappa shape index (κ2) is 12.2. The van der Waals surface area contributed by atoms with Gasteiger partial charge in [0.25, 0.3) is 0 Å². The molecule has 2 rings (SSSR count). The Morgan fingerprint density at radius 2 is 1.21 bits per heavy atom. The fourth-order valence-corrected chi connectivity index (χ4v) is 5.03. The van der Waals surface area contributed by atoms with Crippen molar-refractivity contribution in [2.45, 2.75) is 39.8 Å². The zero-order valence-corrected chi connectivity index (χ0v) is 19.1.